The van der Waals surface area contributed by atoms with Gasteiger partial charge in [0.25, 0.3) is 5.91 Å². The van der Waals surface area contributed by atoms with Crippen molar-refractivity contribution in [3.63, 3.8) is 0 Å². The van der Waals surface area contributed by atoms with Gasteiger partial charge in [0, 0.05) is 23.7 Å². The summed E-state index contributed by atoms with van der Waals surface area (Å²) in [6.45, 7) is 0.564. The number of nitrogens with zero attached hydrogens (tertiary/aromatic N) is 2. The van der Waals surface area contributed by atoms with Crippen molar-refractivity contribution in [3.8, 4) is 0 Å². The molecule has 29 heavy (non-hydrogen) atoms. The number of nitrogens with one attached hydrogen (secondary N) is 1. The molecule has 0 radical (unpaired) electrons. The van der Waals surface area contributed by atoms with Crippen molar-refractivity contribution in [1.82, 2.24) is 4.31 Å². The van der Waals surface area contributed by atoms with Crippen LogP contribution in [0.1, 0.15) is 19.3 Å². The summed E-state index contributed by atoms with van der Waals surface area (Å²) in [6.07, 6.45) is 1.51. The predicted molar refractivity (Wildman–Crippen MR) is 110 cm³/mol. The Bertz CT molecular complexity index is 1060. The monoisotopic (exact) mass is 433 g/mol. The number of sulfonamides is 1. The Morgan fingerprint density at radius 3 is 2.72 bits per heavy atom. The van der Waals surface area contributed by atoms with E-state index in [9.17, 15) is 13.2 Å². The summed E-state index contributed by atoms with van der Waals surface area (Å²) in [7, 11) is -3.63. The normalized spacial score (nSPS) is 22.2. The molecule has 2 aliphatic heterocycles. The molecule has 1 saturated heterocycles. The Morgan fingerprint density at radius 2 is 1.97 bits per heavy atom. The van der Waals surface area contributed by atoms with Gasteiger partial charge in [-0.05, 0) is 43.2 Å². The quantitative estimate of drug-likeness (QED) is 0.801. The second-order valence-corrected chi connectivity index (χ2v) is 9.58. The molecule has 1 unspecified atom stereocenters. The zero-order valence-corrected chi connectivity index (χ0v) is 17.1. The number of hydrogen-bond acceptors (Lipinski definition) is 5. The molecule has 9 heteroatoms. The number of anilines is 1. The van der Waals surface area contributed by atoms with E-state index in [1.54, 1.807) is 54.6 Å². The third kappa shape index (κ3) is 4.14. The van der Waals surface area contributed by atoms with Gasteiger partial charge in [0.1, 0.15) is 5.71 Å². The molecule has 1 fully saturated rings. The number of rotatable bonds is 4. The highest BCUT2D eigenvalue weighted by atomic mass is 35.5. The maximum Gasteiger partial charge on any atom is 0.273 e. The fourth-order valence-electron chi connectivity index (χ4n) is 3.64. The maximum absolute atomic E-state index is 13.0. The van der Waals surface area contributed by atoms with E-state index in [4.69, 9.17) is 16.4 Å². The fraction of sp³-hybridized carbons (Fsp3) is 0.300. The molecular formula is C20H20ClN3O4S. The fourth-order valence-corrected chi connectivity index (χ4v) is 5.40. The molecule has 1 atom stereocenters. The molecule has 2 aromatic rings. The first-order valence-corrected chi connectivity index (χ1v) is 11.1. The second kappa shape index (κ2) is 7.78. The lowest BCUT2D eigenvalue weighted by Crippen LogP contribution is -2.50. The van der Waals surface area contributed by atoms with Crippen molar-refractivity contribution >= 4 is 38.9 Å². The highest BCUT2D eigenvalue weighted by molar-refractivity contribution is 7.89. The van der Waals surface area contributed by atoms with Crippen molar-refractivity contribution in [2.24, 2.45) is 5.16 Å². The number of piperidine rings is 1. The first kappa shape index (κ1) is 19.9. The minimum atomic E-state index is -3.63. The third-order valence-electron chi connectivity index (χ3n) is 5.07. The van der Waals surface area contributed by atoms with Gasteiger partial charge in [0.05, 0.1) is 11.4 Å². The summed E-state index contributed by atoms with van der Waals surface area (Å²) >= 11 is 5.95. The van der Waals surface area contributed by atoms with E-state index < -0.39 is 15.6 Å². The Balaban J connectivity index is 1.46. The zero-order chi connectivity index (χ0) is 20.5. The molecule has 0 aromatic heterocycles. The molecular weight excluding hydrogens is 414 g/mol. The van der Waals surface area contributed by atoms with Gasteiger partial charge >= 0.3 is 0 Å². The number of hydrogen-bond donors (Lipinski definition) is 1. The van der Waals surface area contributed by atoms with Crippen molar-refractivity contribution in [1.29, 1.82) is 0 Å². The van der Waals surface area contributed by atoms with Crippen molar-refractivity contribution in [2.75, 3.05) is 18.4 Å². The average Bonchev–Trinajstić information content (AvgIpc) is 3.12. The standard InChI is InChI=1S/C20H20ClN3O4S/c21-15-6-4-7-16(12-15)22-19(25)18-13-20(28-23-18)10-5-11-24(14-20)29(26,27)17-8-2-1-3-9-17/h1-4,6-9,12H,5,10-11,13-14H2,(H,22,25). The van der Waals surface area contributed by atoms with Crippen LogP contribution in [0.3, 0.4) is 0 Å². The van der Waals surface area contributed by atoms with Gasteiger partial charge in [-0.15, -0.1) is 0 Å². The summed E-state index contributed by atoms with van der Waals surface area (Å²) in [5, 5.41) is 7.23. The zero-order valence-electron chi connectivity index (χ0n) is 15.5. The lowest BCUT2D eigenvalue weighted by Gasteiger charge is -2.37. The number of oxime groups is 1. The van der Waals surface area contributed by atoms with Crippen molar-refractivity contribution < 1.29 is 18.0 Å². The number of carbonyl (C=O) groups excluding carboxylic acids is 1. The summed E-state index contributed by atoms with van der Waals surface area (Å²) in [6, 6.07) is 15.1. The van der Waals surface area contributed by atoms with E-state index >= 15 is 0 Å². The highest BCUT2D eigenvalue weighted by Crippen LogP contribution is 2.35. The van der Waals surface area contributed by atoms with Crippen LogP contribution in [0.2, 0.25) is 5.02 Å². The Kier molecular flexibility index (Phi) is 5.33. The lowest BCUT2D eigenvalue weighted by molar-refractivity contribution is -0.110. The van der Waals surface area contributed by atoms with Gasteiger partial charge in [-0.25, -0.2) is 8.42 Å². The highest BCUT2D eigenvalue weighted by Gasteiger charge is 2.47. The van der Waals surface area contributed by atoms with Crippen LogP contribution >= 0.6 is 11.6 Å². The van der Waals surface area contributed by atoms with Gasteiger partial charge < -0.3 is 10.2 Å². The van der Waals surface area contributed by atoms with Crippen LogP contribution in [0.15, 0.2) is 64.6 Å². The number of benzene rings is 2. The molecule has 1 amide bonds. The van der Waals surface area contributed by atoms with Gasteiger partial charge in [0.15, 0.2) is 5.60 Å². The maximum atomic E-state index is 13.0. The smallest absolute Gasteiger partial charge is 0.273 e. The van der Waals surface area contributed by atoms with Crippen LogP contribution in [-0.2, 0) is 19.7 Å². The van der Waals surface area contributed by atoms with Crippen molar-refractivity contribution in [3.05, 3.63) is 59.6 Å². The average molecular weight is 434 g/mol. The van der Waals surface area contributed by atoms with E-state index in [1.165, 1.54) is 4.31 Å². The van der Waals surface area contributed by atoms with E-state index in [2.05, 4.69) is 10.5 Å². The summed E-state index contributed by atoms with van der Waals surface area (Å²) < 4.78 is 27.3. The number of carbonyl (C=O) groups is 1. The second-order valence-electron chi connectivity index (χ2n) is 7.21. The minimum Gasteiger partial charge on any atom is -0.387 e. The summed E-state index contributed by atoms with van der Waals surface area (Å²) in [5.41, 5.74) is -0.0202. The first-order chi connectivity index (χ1) is 13.9. The van der Waals surface area contributed by atoms with Crippen LogP contribution in [0, 0.1) is 0 Å². The first-order valence-electron chi connectivity index (χ1n) is 9.25. The predicted octanol–water partition coefficient (Wildman–Crippen LogP) is 3.28. The van der Waals surface area contributed by atoms with Crippen molar-refractivity contribution in [2.45, 2.75) is 29.8 Å². The molecule has 7 nitrogen and oxygen atoms in total. The van der Waals surface area contributed by atoms with Gasteiger partial charge in [-0.2, -0.15) is 4.31 Å². The molecule has 0 bridgehead atoms. The van der Waals surface area contributed by atoms with E-state index in [-0.39, 0.29) is 29.5 Å². The summed E-state index contributed by atoms with van der Waals surface area (Å²) in [5.74, 6) is -0.382. The SMILES string of the molecule is O=C(Nc1cccc(Cl)c1)C1=NOC2(CCCN(S(=O)(=O)c3ccccc3)C2)C1. The molecule has 1 spiro atoms. The van der Waals surface area contributed by atoms with Gasteiger partial charge in [-0.1, -0.05) is 41.0 Å². The molecule has 2 aromatic carbocycles. The molecule has 0 saturated carbocycles. The Labute approximate surface area is 174 Å². The summed E-state index contributed by atoms with van der Waals surface area (Å²) in [4.78, 5) is 18.4. The molecule has 2 aliphatic rings. The van der Waals surface area contributed by atoms with Crippen LogP contribution in [0.25, 0.3) is 0 Å². The lowest BCUT2D eigenvalue weighted by atomic mass is 9.89. The largest absolute Gasteiger partial charge is 0.387 e. The van der Waals surface area contributed by atoms with Crippen LogP contribution < -0.4 is 5.32 Å². The molecule has 4 rings (SSSR count). The van der Waals surface area contributed by atoms with Crippen LogP contribution in [0.4, 0.5) is 5.69 Å². The molecule has 2 heterocycles. The number of amides is 1. The molecule has 1 N–H and O–H groups in total. The van der Waals surface area contributed by atoms with Crippen LogP contribution in [-0.4, -0.2) is 43.0 Å². The molecule has 0 aliphatic carbocycles. The van der Waals surface area contributed by atoms with Crippen LogP contribution in [0.5, 0.6) is 0 Å². The molecule has 152 valence electrons. The van der Waals surface area contributed by atoms with E-state index in [0.29, 0.717) is 30.1 Å². The Morgan fingerprint density at radius 1 is 1.17 bits per heavy atom. The Hall–Kier alpha value is -2.42. The number of halogens is 1. The van der Waals surface area contributed by atoms with E-state index in [0.717, 1.165) is 0 Å². The van der Waals surface area contributed by atoms with Gasteiger partial charge in [-0.3, -0.25) is 4.79 Å². The minimum absolute atomic E-state index is 0.154. The van der Waals surface area contributed by atoms with E-state index in [1.807, 2.05) is 0 Å². The topological polar surface area (TPSA) is 88.1 Å². The third-order valence-corrected chi connectivity index (χ3v) is 7.16. The van der Waals surface area contributed by atoms with Gasteiger partial charge in [0.2, 0.25) is 10.0 Å².